The fraction of sp³-hybridized carbons (Fsp3) is 0.600. The van der Waals surface area contributed by atoms with Crippen LogP contribution in [-0.2, 0) is 30.4 Å². The Morgan fingerprint density at radius 2 is 1.65 bits per heavy atom. The van der Waals surface area contributed by atoms with Crippen LogP contribution in [0.15, 0.2) is 12.5 Å². The van der Waals surface area contributed by atoms with E-state index < -0.39 is 72.3 Å². The number of carbonyl (C=O) groups is 5. The average Bonchev–Trinajstić information content (AvgIpc) is 3.26. The number of imidazole rings is 1. The fourth-order valence-electron chi connectivity index (χ4n) is 2.97. The number of hydrogen-bond donors (Lipinski definition) is 8. The summed E-state index contributed by atoms with van der Waals surface area (Å²) < 4.78 is 0. The largest absolute Gasteiger partial charge is 0.481 e. The lowest BCUT2D eigenvalue weighted by molar-refractivity contribution is -0.144. The van der Waals surface area contributed by atoms with Crippen molar-refractivity contribution in [3.05, 3.63) is 18.2 Å². The molecule has 0 bridgehead atoms. The number of carboxylic acids is 2. The molecule has 14 heteroatoms. The Hall–Kier alpha value is -3.52. The molecule has 9 N–H and O–H groups in total. The summed E-state index contributed by atoms with van der Waals surface area (Å²) in [6.45, 7) is 4.63. The number of amides is 3. The lowest BCUT2D eigenvalue weighted by atomic mass is 9.98. The molecule has 0 aliphatic carbocycles. The number of aliphatic hydroxyl groups is 1. The van der Waals surface area contributed by atoms with Crippen molar-refractivity contribution in [2.24, 2.45) is 11.7 Å². The predicted molar refractivity (Wildman–Crippen MR) is 117 cm³/mol. The molecule has 14 nitrogen and oxygen atoms in total. The molecule has 0 aliphatic heterocycles. The Morgan fingerprint density at radius 1 is 1.03 bits per heavy atom. The quantitative estimate of drug-likeness (QED) is 0.141. The first-order valence-corrected chi connectivity index (χ1v) is 10.6. The van der Waals surface area contributed by atoms with Crippen molar-refractivity contribution >= 4 is 29.7 Å². The van der Waals surface area contributed by atoms with Crippen molar-refractivity contribution in [1.29, 1.82) is 0 Å². The van der Waals surface area contributed by atoms with E-state index in [1.165, 1.54) is 19.4 Å². The number of aliphatic carboxylic acids is 2. The second-order valence-electron chi connectivity index (χ2n) is 7.98. The molecule has 0 saturated carbocycles. The van der Waals surface area contributed by atoms with E-state index in [1.54, 1.807) is 13.8 Å². The van der Waals surface area contributed by atoms with Crippen LogP contribution in [0, 0.1) is 5.92 Å². The molecule has 190 valence electrons. The van der Waals surface area contributed by atoms with E-state index >= 15 is 0 Å². The van der Waals surface area contributed by atoms with Gasteiger partial charge in [0.2, 0.25) is 17.7 Å². The first-order chi connectivity index (χ1) is 15.9. The molecule has 0 aliphatic rings. The molecular weight excluding hydrogens is 452 g/mol. The van der Waals surface area contributed by atoms with E-state index in [0.717, 1.165) is 0 Å². The van der Waals surface area contributed by atoms with Crippen LogP contribution in [0.3, 0.4) is 0 Å². The van der Waals surface area contributed by atoms with Gasteiger partial charge in [-0.2, -0.15) is 0 Å². The number of nitrogens with one attached hydrogen (secondary N) is 4. The highest BCUT2D eigenvalue weighted by Crippen LogP contribution is 2.09. The first-order valence-electron chi connectivity index (χ1n) is 10.6. The van der Waals surface area contributed by atoms with Crippen LogP contribution in [0.4, 0.5) is 0 Å². The second-order valence-corrected chi connectivity index (χ2v) is 7.98. The van der Waals surface area contributed by atoms with E-state index in [1.807, 2.05) is 0 Å². The minimum atomic E-state index is -1.56. The van der Waals surface area contributed by atoms with E-state index in [9.17, 15) is 34.2 Å². The van der Waals surface area contributed by atoms with E-state index in [-0.39, 0.29) is 6.42 Å². The third-order valence-electron chi connectivity index (χ3n) is 5.18. The Labute approximate surface area is 195 Å². The number of H-pyrrole nitrogens is 1. The third-order valence-corrected chi connectivity index (χ3v) is 5.18. The van der Waals surface area contributed by atoms with Crippen molar-refractivity contribution in [3.63, 3.8) is 0 Å². The zero-order valence-electron chi connectivity index (χ0n) is 19.1. The van der Waals surface area contributed by atoms with Gasteiger partial charge >= 0.3 is 11.9 Å². The maximum Gasteiger partial charge on any atom is 0.326 e. The maximum absolute atomic E-state index is 12.9. The minimum Gasteiger partial charge on any atom is -0.481 e. The molecule has 1 rings (SSSR count). The number of aliphatic hydroxyl groups excluding tert-OH is 1. The van der Waals surface area contributed by atoms with Gasteiger partial charge in [0.05, 0.1) is 24.9 Å². The number of carbonyl (C=O) groups excluding carboxylic acids is 3. The van der Waals surface area contributed by atoms with Crippen LogP contribution in [0.1, 0.15) is 39.3 Å². The van der Waals surface area contributed by atoms with Crippen LogP contribution >= 0.6 is 0 Å². The number of nitrogens with two attached hydrogens (primary N) is 1. The summed E-state index contributed by atoms with van der Waals surface area (Å²) in [5.41, 5.74) is 5.95. The number of hydrogen-bond acceptors (Lipinski definition) is 8. The Balaban J connectivity index is 3.06. The fourth-order valence-corrected chi connectivity index (χ4v) is 2.97. The lowest BCUT2D eigenvalue weighted by Crippen LogP contribution is -2.60. The molecule has 34 heavy (non-hydrogen) atoms. The summed E-state index contributed by atoms with van der Waals surface area (Å²) in [6.07, 6.45) is 1.02. The molecule has 1 aromatic heterocycles. The van der Waals surface area contributed by atoms with Crippen LogP contribution in [-0.4, -0.2) is 85.2 Å². The number of aromatic nitrogens is 2. The van der Waals surface area contributed by atoms with Crippen LogP contribution in [0.25, 0.3) is 0 Å². The van der Waals surface area contributed by atoms with Crippen molar-refractivity contribution in [2.75, 3.05) is 0 Å². The van der Waals surface area contributed by atoms with Gasteiger partial charge in [0, 0.05) is 18.3 Å². The number of carboxylic acid groups (broad SMARTS) is 2. The van der Waals surface area contributed by atoms with Gasteiger partial charge in [-0.25, -0.2) is 9.78 Å². The molecule has 0 radical (unpaired) electrons. The maximum atomic E-state index is 12.9. The van der Waals surface area contributed by atoms with Gasteiger partial charge in [-0.1, -0.05) is 20.3 Å². The Bertz CT molecular complexity index is 859. The van der Waals surface area contributed by atoms with Gasteiger partial charge in [0.15, 0.2) is 0 Å². The summed E-state index contributed by atoms with van der Waals surface area (Å²) in [5.74, 6) is -5.71. The number of aromatic amines is 1. The average molecular weight is 485 g/mol. The summed E-state index contributed by atoms with van der Waals surface area (Å²) >= 11 is 0. The standard InChI is InChI=1S/C20H32N6O8/c1-4-9(2)15(20(33)34)25-18(31)13(5-11-7-22-8-23-11)24-19(32)16(10(3)27)26-17(30)12(21)6-14(28)29/h7-10,12-13,15-16,27H,4-6,21H2,1-3H3,(H,22,23)(H,24,32)(H,25,31)(H,26,30)(H,28,29)(H,33,34). The first kappa shape index (κ1) is 28.5. The SMILES string of the molecule is CCC(C)C(NC(=O)C(Cc1cnc[nH]1)NC(=O)C(NC(=O)C(N)CC(=O)O)C(C)O)C(=O)O. The monoisotopic (exact) mass is 484 g/mol. The molecule has 1 aromatic rings. The highest BCUT2D eigenvalue weighted by atomic mass is 16.4. The zero-order chi connectivity index (χ0) is 26.0. The normalized spacial score (nSPS) is 16.3. The molecule has 6 atom stereocenters. The van der Waals surface area contributed by atoms with Gasteiger partial charge in [0.25, 0.3) is 0 Å². The van der Waals surface area contributed by atoms with Gasteiger partial charge in [0.1, 0.15) is 18.1 Å². The Kier molecular flexibility index (Phi) is 11.1. The summed E-state index contributed by atoms with van der Waals surface area (Å²) in [5, 5.41) is 35.2. The topological polar surface area (TPSA) is 237 Å². The summed E-state index contributed by atoms with van der Waals surface area (Å²) in [7, 11) is 0. The van der Waals surface area contributed by atoms with Gasteiger partial charge < -0.3 is 42.0 Å². The van der Waals surface area contributed by atoms with Crippen LogP contribution < -0.4 is 21.7 Å². The molecule has 1 heterocycles. The second kappa shape index (κ2) is 13.3. The van der Waals surface area contributed by atoms with Crippen LogP contribution in [0.2, 0.25) is 0 Å². The molecular formula is C20H32N6O8. The summed E-state index contributed by atoms with van der Waals surface area (Å²) in [4.78, 5) is 66.9. The van der Waals surface area contributed by atoms with E-state index in [4.69, 9.17) is 10.8 Å². The molecule has 0 aromatic carbocycles. The predicted octanol–water partition coefficient (Wildman–Crippen LogP) is -2.28. The molecule has 3 amide bonds. The zero-order valence-corrected chi connectivity index (χ0v) is 19.1. The molecule has 0 spiro atoms. The third kappa shape index (κ3) is 8.78. The van der Waals surface area contributed by atoms with Crippen LogP contribution in [0.5, 0.6) is 0 Å². The van der Waals surface area contributed by atoms with Crippen molar-refractivity contribution in [2.45, 2.75) is 70.3 Å². The number of rotatable bonds is 14. The Morgan fingerprint density at radius 3 is 2.12 bits per heavy atom. The highest BCUT2D eigenvalue weighted by molar-refractivity contribution is 5.95. The van der Waals surface area contributed by atoms with Gasteiger partial charge in [-0.05, 0) is 12.8 Å². The molecule has 0 saturated heterocycles. The van der Waals surface area contributed by atoms with Crippen molar-refractivity contribution < 1.29 is 39.3 Å². The van der Waals surface area contributed by atoms with Gasteiger partial charge in [-0.3, -0.25) is 19.2 Å². The minimum absolute atomic E-state index is 0.0938. The van der Waals surface area contributed by atoms with Crippen molar-refractivity contribution in [1.82, 2.24) is 25.9 Å². The molecule has 0 fully saturated rings. The lowest BCUT2D eigenvalue weighted by Gasteiger charge is -2.27. The summed E-state index contributed by atoms with van der Waals surface area (Å²) in [6, 6.07) is -5.53. The molecule has 6 unspecified atom stereocenters. The van der Waals surface area contributed by atoms with Gasteiger partial charge in [-0.15, -0.1) is 0 Å². The van der Waals surface area contributed by atoms with E-state index in [0.29, 0.717) is 12.1 Å². The van der Waals surface area contributed by atoms with E-state index in [2.05, 4.69) is 25.9 Å². The van der Waals surface area contributed by atoms with Crippen molar-refractivity contribution in [3.8, 4) is 0 Å². The number of nitrogens with zero attached hydrogens (tertiary/aromatic N) is 1. The highest BCUT2D eigenvalue weighted by Gasteiger charge is 2.34. The smallest absolute Gasteiger partial charge is 0.326 e.